The minimum absolute atomic E-state index is 0.0397. The fourth-order valence-electron chi connectivity index (χ4n) is 2.28. The highest BCUT2D eigenvalue weighted by Gasteiger charge is 2.05. The molecule has 3 rings (SSSR count). The third-order valence-corrected chi connectivity index (χ3v) is 3.31. The molecule has 2 aromatic carbocycles. The van der Waals surface area contributed by atoms with Gasteiger partial charge in [0.15, 0.2) is 5.69 Å². The topological polar surface area (TPSA) is 62.2 Å². The van der Waals surface area contributed by atoms with Gasteiger partial charge in [0.25, 0.3) is 0 Å². The summed E-state index contributed by atoms with van der Waals surface area (Å²) in [5, 5.41) is 14.5. The minimum atomic E-state index is -1.02. The quantitative estimate of drug-likeness (QED) is 0.766. The molecule has 0 bridgehead atoms. The number of carboxylic acids is 1. The summed E-state index contributed by atoms with van der Waals surface area (Å²) in [5.74, 6) is -0.466. The van der Waals surface area contributed by atoms with E-state index in [1.54, 1.807) is 12.1 Å². The summed E-state index contributed by atoms with van der Waals surface area (Å²) in [5.41, 5.74) is 1.19. The van der Waals surface area contributed by atoms with Crippen LogP contribution in [-0.2, 0) is 6.54 Å². The smallest absolute Gasteiger partial charge is 0.354 e. The molecule has 0 aliphatic heterocycles. The van der Waals surface area contributed by atoms with Crippen molar-refractivity contribution in [2.75, 3.05) is 5.32 Å². The van der Waals surface area contributed by atoms with Crippen LogP contribution < -0.4 is 5.32 Å². The van der Waals surface area contributed by atoms with E-state index in [2.05, 4.69) is 34.6 Å². The standard InChI is InChI=1S/C17H14N2O2/c20-17(21)15-9-4-10-16(19-15)18-11-13-7-3-6-12-5-1-2-8-14(12)13/h1-10H,11H2,(H,18,19)(H,20,21). The number of hydrogen-bond donors (Lipinski definition) is 2. The molecule has 3 aromatic rings. The van der Waals surface area contributed by atoms with Crippen LogP contribution in [0.5, 0.6) is 0 Å². The van der Waals surface area contributed by atoms with Crippen molar-refractivity contribution >= 4 is 22.6 Å². The maximum Gasteiger partial charge on any atom is 0.354 e. The lowest BCUT2D eigenvalue weighted by atomic mass is 10.0. The summed E-state index contributed by atoms with van der Waals surface area (Å²) < 4.78 is 0. The second kappa shape index (κ2) is 5.63. The molecule has 0 saturated carbocycles. The highest BCUT2D eigenvalue weighted by atomic mass is 16.4. The number of hydrogen-bond acceptors (Lipinski definition) is 3. The Morgan fingerprint density at radius 2 is 1.76 bits per heavy atom. The van der Waals surface area contributed by atoms with Crippen LogP contribution in [0.1, 0.15) is 16.1 Å². The van der Waals surface area contributed by atoms with Gasteiger partial charge in [-0.15, -0.1) is 0 Å². The van der Waals surface area contributed by atoms with Crippen molar-refractivity contribution in [3.05, 3.63) is 71.9 Å². The van der Waals surface area contributed by atoms with Crippen LogP contribution in [0.3, 0.4) is 0 Å². The van der Waals surface area contributed by atoms with Gasteiger partial charge in [-0.2, -0.15) is 0 Å². The first kappa shape index (κ1) is 13.1. The van der Waals surface area contributed by atoms with Crippen LogP contribution in [0.2, 0.25) is 0 Å². The zero-order valence-electron chi connectivity index (χ0n) is 11.3. The molecule has 0 atom stereocenters. The molecule has 21 heavy (non-hydrogen) atoms. The van der Waals surface area contributed by atoms with Gasteiger partial charge in [-0.1, -0.05) is 48.5 Å². The summed E-state index contributed by atoms with van der Waals surface area (Å²) in [4.78, 5) is 15.0. The predicted molar refractivity (Wildman–Crippen MR) is 82.5 cm³/mol. The summed E-state index contributed by atoms with van der Waals surface area (Å²) >= 11 is 0. The zero-order chi connectivity index (χ0) is 14.7. The third kappa shape index (κ3) is 2.84. The van der Waals surface area contributed by atoms with Crippen molar-refractivity contribution in [1.82, 2.24) is 4.98 Å². The van der Waals surface area contributed by atoms with Crippen molar-refractivity contribution in [3.8, 4) is 0 Å². The van der Waals surface area contributed by atoms with E-state index in [0.29, 0.717) is 12.4 Å². The van der Waals surface area contributed by atoms with E-state index >= 15 is 0 Å². The monoisotopic (exact) mass is 278 g/mol. The highest BCUT2D eigenvalue weighted by Crippen LogP contribution is 2.19. The minimum Gasteiger partial charge on any atom is -0.477 e. The average Bonchev–Trinajstić information content (AvgIpc) is 2.53. The zero-order valence-corrected chi connectivity index (χ0v) is 11.3. The van der Waals surface area contributed by atoms with Crippen molar-refractivity contribution in [2.45, 2.75) is 6.54 Å². The van der Waals surface area contributed by atoms with Crippen LogP contribution in [0.15, 0.2) is 60.7 Å². The molecule has 2 N–H and O–H groups in total. The maximum absolute atomic E-state index is 10.9. The highest BCUT2D eigenvalue weighted by molar-refractivity contribution is 5.86. The molecule has 0 spiro atoms. The van der Waals surface area contributed by atoms with Gasteiger partial charge < -0.3 is 10.4 Å². The van der Waals surface area contributed by atoms with E-state index in [-0.39, 0.29) is 5.69 Å². The number of benzene rings is 2. The predicted octanol–water partition coefficient (Wildman–Crippen LogP) is 3.55. The molecule has 4 nitrogen and oxygen atoms in total. The molecule has 0 fully saturated rings. The molecule has 0 radical (unpaired) electrons. The molecule has 0 amide bonds. The van der Waals surface area contributed by atoms with Gasteiger partial charge in [0.2, 0.25) is 0 Å². The number of fused-ring (bicyclic) bond motifs is 1. The lowest BCUT2D eigenvalue weighted by Gasteiger charge is -2.09. The van der Waals surface area contributed by atoms with Gasteiger partial charge in [-0.05, 0) is 28.5 Å². The van der Waals surface area contributed by atoms with Crippen molar-refractivity contribution in [3.63, 3.8) is 0 Å². The van der Waals surface area contributed by atoms with E-state index in [9.17, 15) is 4.79 Å². The van der Waals surface area contributed by atoms with Crippen LogP contribution in [-0.4, -0.2) is 16.1 Å². The van der Waals surface area contributed by atoms with Crippen molar-refractivity contribution in [2.24, 2.45) is 0 Å². The number of aromatic nitrogens is 1. The number of carboxylic acid groups (broad SMARTS) is 1. The SMILES string of the molecule is O=C(O)c1cccc(NCc2cccc3ccccc23)n1. The first-order valence-corrected chi connectivity index (χ1v) is 6.65. The molecular weight excluding hydrogens is 264 g/mol. The van der Waals surface area contributed by atoms with E-state index in [1.807, 2.05) is 18.2 Å². The van der Waals surface area contributed by atoms with Crippen LogP contribution in [0.4, 0.5) is 5.82 Å². The van der Waals surface area contributed by atoms with Gasteiger partial charge >= 0.3 is 5.97 Å². The Bertz CT molecular complexity index is 794. The Morgan fingerprint density at radius 3 is 2.62 bits per heavy atom. The summed E-state index contributed by atoms with van der Waals surface area (Å²) in [6, 6.07) is 19.2. The summed E-state index contributed by atoms with van der Waals surface area (Å²) in [6.07, 6.45) is 0. The first-order valence-electron chi connectivity index (χ1n) is 6.65. The number of aromatic carboxylic acids is 1. The Hall–Kier alpha value is -2.88. The summed E-state index contributed by atoms with van der Waals surface area (Å²) in [6.45, 7) is 0.595. The van der Waals surface area contributed by atoms with Gasteiger partial charge in [0.1, 0.15) is 5.82 Å². The lowest BCUT2D eigenvalue weighted by molar-refractivity contribution is 0.0690. The van der Waals surface area contributed by atoms with E-state index < -0.39 is 5.97 Å². The molecule has 104 valence electrons. The fraction of sp³-hybridized carbons (Fsp3) is 0.0588. The number of anilines is 1. The van der Waals surface area contributed by atoms with Crippen LogP contribution in [0.25, 0.3) is 10.8 Å². The molecule has 1 heterocycles. The van der Waals surface area contributed by atoms with Crippen LogP contribution in [0, 0.1) is 0 Å². The Morgan fingerprint density at radius 1 is 1.00 bits per heavy atom. The Kier molecular flexibility index (Phi) is 3.51. The Balaban J connectivity index is 1.84. The first-order chi connectivity index (χ1) is 10.2. The van der Waals surface area contributed by atoms with E-state index in [0.717, 1.165) is 5.56 Å². The van der Waals surface area contributed by atoms with Crippen molar-refractivity contribution < 1.29 is 9.90 Å². The number of carbonyl (C=O) groups is 1. The fourth-order valence-corrected chi connectivity index (χ4v) is 2.28. The average molecular weight is 278 g/mol. The Labute approximate surface area is 122 Å². The molecule has 0 unspecified atom stereocenters. The number of rotatable bonds is 4. The van der Waals surface area contributed by atoms with Gasteiger partial charge in [-0.3, -0.25) is 0 Å². The molecule has 0 aliphatic rings. The second-order valence-corrected chi connectivity index (χ2v) is 4.71. The van der Waals surface area contributed by atoms with Crippen molar-refractivity contribution in [1.29, 1.82) is 0 Å². The number of nitrogens with one attached hydrogen (secondary N) is 1. The molecule has 4 heteroatoms. The third-order valence-electron chi connectivity index (χ3n) is 3.31. The van der Waals surface area contributed by atoms with Gasteiger partial charge in [0, 0.05) is 6.54 Å². The lowest BCUT2D eigenvalue weighted by Crippen LogP contribution is -2.06. The number of pyridine rings is 1. The van der Waals surface area contributed by atoms with Gasteiger partial charge in [-0.25, -0.2) is 9.78 Å². The van der Waals surface area contributed by atoms with E-state index in [1.165, 1.54) is 16.8 Å². The molecular formula is C17H14N2O2. The second-order valence-electron chi connectivity index (χ2n) is 4.71. The van der Waals surface area contributed by atoms with Crippen LogP contribution >= 0.6 is 0 Å². The largest absolute Gasteiger partial charge is 0.477 e. The number of nitrogens with zero attached hydrogens (tertiary/aromatic N) is 1. The van der Waals surface area contributed by atoms with Gasteiger partial charge in [0.05, 0.1) is 0 Å². The molecule has 1 aromatic heterocycles. The summed E-state index contributed by atoms with van der Waals surface area (Å²) in [7, 11) is 0. The molecule has 0 aliphatic carbocycles. The maximum atomic E-state index is 10.9. The normalized spacial score (nSPS) is 10.5. The molecule has 0 saturated heterocycles. The van der Waals surface area contributed by atoms with E-state index in [4.69, 9.17) is 5.11 Å².